The molecule has 0 spiro atoms. The largest absolute Gasteiger partial charge is 0.354 e. The molecule has 4 N–H and O–H groups in total. The van der Waals surface area contributed by atoms with Crippen LogP contribution in [0.4, 0.5) is 4.79 Å². The van der Waals surface area contributed by atoms with Crippen LogP contribution in [0, 0.1) is 5.92 Å². The molecule has 0 radical (unpaired) electrons. The second-order valence-corrected chi connectivity index (χ2v) is 8.40. The zero-order chi connectivity index (χ0) is 19.8. The summed E-state index contributed by atoms with van der Waals surface area (Å²) in [5, 5.41) is 11.9. The van der Waals surface area contributed by atoms with Gasteiger partial charge in [0.15, 0.2) is 0 Å². The zero-order valence-electron chi connectivity index (χ0n) is 17.2. The number of hydrogen-bond donors (Lipinski definition) is 4. The van der Waals surface area contributed by atoms with Crippen molar-refractivity contribution in [3.05, 3.63) is 0 Å². The Bertz CT molecular complexity index is 550. The van der Waals surface area contributed by atoms with Crippen molar-refractivity contribution in [2.75, 3.05) is 32.7 Å². The van der Waals surface area contributed by atoms with Crippen LogP contribution in [0.3, 0.4) is 0 Å². The third-order valence-electron chi connectivity index (χ3n) is 6.15. The predicted molar refractivity (Wildman–Crippen MR) is 114 cm³/mol. The van der Waals surface area contributed by atoms with Crippen molar-refractivity contribution in [1.29, 1.82) is 0 Å². The molecule has 2 saturated heterocycles. The summed E-state index contributed by atoms with van der Waals surface area (Å²) in [5.74, 6) is 0.299. The van der Waals surface area contributed by atoms with Crippen molar-refractivity contribution in [2.45, 2.75) is 69.9 Å². The number of carbonyl (C=O) groups excluding carboxylic acids is 3. The molecule has 0 aromatic rings. The van der Waals surface area contributed by atoms with Crippen LogP contribution in [0.25, 0.3) is 0 Å². The molecule has 3 rings (SSSR count). The number of urea groups is 1. The van der Waals surface area contributed by atoms with Gasteiger partial charge in [0.05, 0.1) is 12.6 Å². The minimum absolute atomic E-state index is 0. The van der Waals surface area contributed by atoms with Crippen molar-refractivity contribution < 1.29 is 14.4 Å². The molecule has 29 heavy (non-hydrogen) atoms. The maximum Gasteiger partial charge on any atom is 0.315 e. The average Bonchev–Trinajstić information content (AvgIpc) is 3.26. The average molecular weight is 430 g/mol. The van der Waals surface area contributed by atoms with E-state index in [4.69, 9.17) is 0 Å². The van der Waals surface area contributed by atoms with Crippen LogP contribution >= 0.6 is 12.4 Å². The van der Waals surface area contributed by atoms with Crippen LogP contribution in [-0.2, 0) is 9.59 Å². The van der Waals surface area contributed by atoms with Crippen LogP contribution in [0.5, 0.6) is 0 Å². The van der Waals surface area contributed by atoms with Gasteiger partial charge in [-0.3, -0.25) is 9.59 Å². The third-order valence-corrected chi connectivity index (χ3v) is 6.15. The molecule has 2 heterocycles. The fourth-order valence-electron chi connectivity index (χ4n) is 4.49. The summed E-state index contributed by atoms with van der Waals surface area (Å²) in [7, 11) is 0. The normalized spacial score (nSPS) is 25.0. The van der Waals surface area contributed by atoms with Gasteiger partial charge in [-0.15, -0.1) is 12.4 Å². The van der Waals surface area contributed by atoms with E-state index < -0.39 is 0 Å². The number of rotatable bonds is 6. The van der Waals surface area contributed by atoms with E-state index in [0.717, 1.165) is 64.5 Å². The molecule has 2 aliphatic heterocycles. The fraction of sp³-hybridized carbons (Fsp3) is 0.850. The molecular weight excluding hydrogens is 394 g/mol. The zero-order valence-corrected chi connectivity index (χ0v) is 18.0. The van der Waals surface area contributed by atoms with E-state index in [1.165, 1.54) is 6.42 Å². The first kappa shape index (κ1) is 23.7. The van der Waals surface area contributed by atoms with Gasteiger partial charge in [0.25, 0.3) is 0 Å². The minimum Gasteiger partial charge on any atom is -0.354 e. The fourth-order valence-corrected chi connectivity index (χ4v) is 4.49. The maximum absolute atomic E-state index is 12.5. The molecule has 1 saturated carbocycles. The highest BCUT2D eigenvalue weighted by atomic mass is 35.5. The summed E-state index contributed by atoms with van der Waals surface area (Å²) < 4.78 is 0. The second kappa shape index (κ2) is 12.2. The number of hydrogen-bond acceptors (Lipinski definition) is 4. The SMILES string of the molecule is Cl.O=C(NCC(=O)N1CCCC(CNC(=O)C2CCCN2)C1)NC1CCCCC1. The predicted octanol–water partition coefficient (Wildman–Crippen LogP) is 1.15. The molecule has 1 aliphatic carbocycles. The van der Waals surface area contributed by atoms with Gasteiger partial charge >= 0.3 is 6.03 Å². The summed E-state index contributed by atoms with van der Waals surface area (Å²) in [6.07, 6.45) is 9.50. The minimum atomic E-state index is -0.245. The van der Waals surface area contributed by atoms with Gasteiger partial charge in [-0.1, -0.05) is 19.3 Å². The quantitative estimate of drug-likeness (QED) is 0.508. The molecule has 8 nitrogen and oxygen atoms in total. The molecule has 0 aromatic heterocycles. The van der Waals surface area contributed by atoms with Crippen molar-refractivity contribution in [3.8, 4) is 0 Å². The topological polar surface area (TPSA) is 103 Å². The van der Waals surface area contributed by atoms with Crippen LogP contribution in [-0.4, -0.2) is 67.6 Å². The van der Waals surface area contributed by atoms with E-state index in [0.29, 0.717) is 13.1 Å². The second-order valence-electron chi connectivity index (χ2n) is 8.40. The summed E-state index contributed by atoms with van der Waals surface area (Å²) in [6.45, 7) is 2.91. The van der Waals surface area contributed by atoms with E-state index >= 15 is 0 Å². The molecule has 4 amide bonds. The highest BCUT2D eigenvalue weighted by Gasteiger charge is 2.26. The van der Waals surface area contributed by atoms with Crippen molar-refractivity contribution >= 4 is 30.3 Å². The van der Waals surface area contributed by atoms with Crippen molar-refractivity contribution in [2.24, 2.45) is 5.92 Å². The lowest BCUT2D eigenvalue weighted by molar-refractivity contribution is -0.131. The van der Waals surface area contributed by atoms with Gasteiger partial charge in [0.1, 0.15) is 0 Å². The lowest BCUT2D eigenvalue weighted by atomic mass is 9.96. The highest BCUT2D eigenvalue weighted by Crippen LogP contribution is 2.17. The Morgan fingerprint density at radius 2 is 1.72 bits per heavy atom. The number of nitrogens with zero attached hydrogens (tertiary/aromatic N) is 1. The smallest absolute Gasteiger partial charge is 0.315 e. The monoisotopic (exact) mass is 429 g/mol. The van der Waals surface area contributed by atoms with Gasteiger partial charge in [0, 0.05) is 25.7 Å². The third kappa shape index (κ3) is 7.66. The van der Waals surface area contributed by atoms with Crippen LogP contribution in [0.1, 0.15) is 57.8 Å². The van der Waals surface area contributed by atoms with E-state index in [2.05, 4.69) is 21.3 Å². The van der Waals surface area contributed by atoms with E-state index in [9.17, 15) is 14.4 Å². The first-order chi connectivity index (χ1) is 13.6. The maximum atomic E-state index is 12.5. The molecule has 3 aliphatic rings. The van der Waals surface area contributed by atoms with Gasteiger partial charge < -0.3 is 26.2 Å². The first-order valence-electron chi connectivity index (χ1n) is 10.9. The van der Waals surface area contributed by atoms with Crippen LogP contribution in [0.15, 0.2) is 0 Å². The number of amides is 4. The number of nitrogens with one attached hydrogen (secondary N) is 4. The first-order valence-corrected chi connectivity index (χ1v) is 10.9. The number of likely N-dealkylation sites (tertiary alicyclic amines) is 1. The van der Waals surface area contributed by atoms with Crippen molar-refractivity contribution in [1.82, 2.24) is 26.2 Å². The van der Waals surface area contributed by atoms with E-state index in [1.807, 2.05) is 4.90 Å². The molecule has 3 fully saturated rings. The number of carbonyl (C=O) groups is 3. The Hall–Kier alpha value is -1.54. The lowest BCUT2D eigenvalue weighted by Gasteiger charge is -2.33. The van der Waals surface area contributed by atoms with E-state index in [1.54, 1.807) is 0 Å². The number of halogens is 1. The van der Waals surface area contributed by atoms with E-state index in [-0.39, 0.29) is 54.8 Å². The Morgan fingerprint density at radius 3 is 2.45 bits per heavy atom. The molecular formula is C20H36ClN5O3. The van der Waals surface area contributed by atoms with Crippen LogP contribution in [0.2, 0.25) is 0 Å². The molecule has 2 unspecified atom stereocenters. The Labute approximate surface area is 179 Å². The lowest BCUT2D eigenvalue weighted by Crippen LogP contribution is -2.50. The molecule has 9 heteroatoms. The Balaban J connectivity index is 0.00000300. The van der Waals surface area contributed by atoms with Gasteiger partial charge in [-0.05, 0) is 51.0 Å². The molecule has 0 bridgehead atoms. The van der Waals surface area contributed by atoms with Gasteiger partial charge in [-0.2, -0.15) is 0 Å². The molecule has 166 valence electrons. The van der Waals surface area contributed by atoms with Gasteiger partial charge in [0.2, 0.25) is 11.8 Å². The van der Waals surface area contributed by atoms with Crippen LogP contribution < -0.4 is 21.3 Å². The number of piperidine rings is 1. The standard InChI is InChI=1S/C20H35N5O3.ClH/c26-18(13-23-20(28)24-16-7-2-1-3-8-16)25-11-5-6-15(14-25)12-22-19(27)17-9-4-10-21-17;/h15-17,21H,1-14H2,(H,22,27)(H2,23,24,28);1H. The molecule has 2 atom stereocenters. The summed E-state index contributed by atoms with van der Waals surface area (Å²) >= 11 is 0. The van der Waals surface area contributed by atoms with Crippen molar-refractivity contribution in [3.63, 3.8) is 0 Å². The summed E-state index contributed by atoms with van der Waals surface area (Å²) in [4.78, 5) is 38.4. The summed E-state index contributed by atoms with van der Waals surface area (Å²) in [6, 6.07) is -0.0699. The Kier molecular flexibility index (Phi) is 10.0. The Morgan fingerprint density at radius 1 is 0.931 bits per heavy atom. The van der Waals surface area contributed by atoms with Gasteiger partial charge in [-0.25, -0.2) is 4.79 Å². The summed E-state index contributed by atoms with van der Waals surface area (Å²) in [5.41, 5.74) is 0. The molecule has 0 aromatic carbocycles. The highest BCUT2D eigenvalue weighted by molar-refractivity contribution is 5.85.